The topological polar surface area (TPSA) is 107 Å². The fourth-order valence-electron chi connectivity index (χ4n) is 3.68. The van der Waals surface area contributed by atoms with E-state index in [2.05, 4.69) is 15.1 Å². The summed E-state index contributed by atoms with van der Waals surface area (Å²) in [6.07, 6.45) is 6.66. The molecular formula is C21H16N6O3. The third-order valence-corrected chi connectivity index (χ3v) is 5.01. The summed E-state index contributed by atoms with van der Waals surface area (Å²) in [6.45, 7) is 1.45. The van der Waals surface area contributed by atoms with Crippen molar-refractivity contribution < 1.29 is 9.90 Å². The van der Waals surface area contributed by atoms with Crippen LogP contribution in [0.25, 0.3) is 33.6 Å². The molecule has 1 N–H and O–H groups in total. The number of pyridine rings is 1. The van der Waals surface area contributed by atoms with Gasteiger partial charge in [0.2, 0.25) is 0 Å². The van der Waals surface area contributed by atoms with Gasteiger partial charge in [-0.15, -0.1) is 0 Å². The Morgan fingerprint density at radius 1 is 1.03 bits per heavy atom. The van der Waals surface area contributed by atoms with E-state index in [1.54, 1.807) is 35.2 Å². The summed E-state index contributed by atoms with van der Waals surface area (Å²) in [5.41, 5.74) is 3.69. The predicted octanol–water partition coefficient (Wildman–Crippen LogP) is 2.29. The number of benzene rings is 1. The zero-order valence-electron chi connectivity index (χ0n) is 15.9. The molecule has 30 heavy (non-hydrogen) atoms. The first kappa shape index (κ1) is 17.8. The number of fused-ring (bicyclic) bond motifs is 2. The lowest BCUT2D eigenvalue weighted by Crippen LogP contribution is -2.26. The number of hydrogen-bond donors (Lipinski definition) is 1. The molecule has 4 aromatic heterocycles. The molecule has 0 unspecified atom stereocenters. The highest BCUT2D eigenvalue weighted by molar-refractivity contribution is 5.83. The molecule has 0 amide bonds. The summed E-state index contributed by atoms with van der Waals surface area (Å²) >= 11 is 0. The molecule has 9 heteroatoms. The van der Waals surface area contributed by atoms with Gasteiger partial charge < -0.3 is 5.11 Å². The molecule has 0 atom stereocenters. The lowest BCUT2D eigenvalue weighted by molar-refractivity contribution is -0.137. The van der Waals surface area contributed by atoms with Crippen molar-refractivity contribution in [3.63, 3.8) is 0 Å². The summed E-state index contributed by atoms with van der Waals surface area (Å²) in [7, 11) is 0. The second-order valence-corrected chi connectivity index (χ2v) is 6.89. The fraction of sp³-hybridized carbons (Fsp3) is 0.0952. The second-order valence-electron chi connectivity index (χ2n) is 6.89. The van der Waals surface area contributed by atoms with Crippen LogP contribution in [-0.4, -0.2) is 39.8 Å². The van der Waals surface area contributed by atoms with Crippen LogP contribution in [0.2, 0.25) is 0 Å². The van der Waals surface area contributed by atoms with Crippen LogP contribution >= 0.6 is 0 Å². The van der Waals surface area contributed by atoms with Crippen molar-refractivity contribution in [1.29, 1.82) is 0 Å². The molecule has 0 spiro atoms. The largest absolute Gasteiger partial charge is 0.480 e. The molecule has 4 heterocycles. The van der Waals surface area contributed by atoms with Crippen molar-refractivity contribution >= 4 is 22.5 Å². The molecule has 0 aliphatic heterocycles. The van der Waals surface area contributed by atoms with E-state index < -0.39 is 18.2 Å². The Hall–Kier alpha value is -4.27. The van der Waals surface area contributed by atoms with Gasteiger partial charge >= 0.3 is 11.7 Å². The highest BCUT2D eigenvalue weighted by Gasteiger charge is 2.19. The average Bonchev–Trinajstić information content (AvgIpc) is 3.29. The van der Waals surface area contributed by atoms with Crippen molar-refractivity contribution in [1.82, 2.24) is 28.7 Å². The molecule has 0 saturated carbocycles. The Morgan fingerprint density at radius 2 is 1.80 bits per heavy atom. The first-order chi connectivity index (χ1) is 14.5. The lowest BCUT2D eigenvalue weighted by atomic mass is 10.2. The van der Waals surface area contributed by atoms with E-state index in [0.717, 1.165) is 16.6 Å². The van der Waals surface area contributed by atoms with Gasteiger partial charge in [0.1, 0.15) is 6.54 Å². The molecule has 1 aromatic carbocycles. The van der Waals surface area contributed by atoms with Crippen LogP contribution in [0.5, 0.6) is 0 Å². The Labute approximate surface area is 169 Å². The van der Waals surface area contributed by atoms with Gasteiger partial charge in [-0.2, -0.15) is 5.10 Å². The number of imidazole rings is 1. The summed E-state index contributed by atoms with van der Waals surface area (Å²) in [6, 6.07) is 11.1. The number of para-hydroxylation sites is 1. The maximum Gasteiger partial charge on any atom is 0.334 e. The van der Waals surface area contributed by atoms with E-state index in [1.165, 1.54) is 9.13 Å². The summed E-state index contributed by atoms with van der Waals surface area (Å²) in [5.74, 6) is -0.601. The van der Waals surface area contributed by atoms with Gasteiger partial charge in [-0.1, -0.05) is 18.2 Å². The van der Waals surface area contributed by atoms with Crippen molar-refractivity contribution in [3.05, 3.63) is 77.2 Å². The number of hydrogen-bond acceptors (Lipinski definition) is 5. The van der Waals surface area contributed by atoms with Gasteiger partial charge in [0.05, 0.1) is 46.4 Å². The molecule has 0 fully saturated rings. The minimum atomic E-state index is -1.09. The average molecular weight is 400 g/mol. The number of aryl methyl sites for hydroxylation is 1. The first-order valence-corrected chi connectivity index (χ1v) is 9.22. The minimum Gasteiger partial charge on any atom is -0.480 e. The van der Waals surface area contributed by atoms with Crippen LogP contribution in [0.3, 0.4) is 0 Å². The van der Waals surface area contributed by atoms with Gasteiger partial charge in [0, 0.05) is 6.20 Å². The van der Waals surface area contributed by atoms with Crippen molar-refractivity contribution in [3.8, 4) is 17.1 Å². The number of aliphatic carboxylic acids is 1. The first-order valence-electron chi connectivity index (χ1n) is 9.22. The molecule has 5 aromatic rings. The summed E-state index contributed by atoms with van der Waals surface area (Å²) in [4.78, 5) is 33.2. The molecule has 0 bridgehead atoms. The van der Waals surface area contributed by atoms with Gasteiger partial charge in [-0.05, 0) is 30.7 Å². The van der Waals surface area contributed by atoms with E-state index in [-0.39, 0.29) is 0 Å². The van der Waals surface area contributed by atoms with Gasteiger partial charge in [-0.3, -0.25) is 13.9 Å². The predicted molar refractivity (Wildman–Crippen MR) is 110 cm³/mol. The number of nitrogens with zero attached hydrogens (tertiary/aromatic N) is 6. The van der Waals surface area contributed by atoms with E-state index >= 15 is 0 Å². The van der Waals surface area contributed by atoms with E-state index in [0.29, 0.717) is 22.5 Å². The van der Waals surface area contributed by atoms with Crippen molar-refractivity contribution in [2.45, 2.75) is 13.5 Å². The zero-order chi connectivity index (χ0) is 20.8. The Morgan fingerprint density at radius 3 is 2.57 bits per heavy atom. The number of aromatic nitrogens is 6. The highest BCUT2D eigenvalue weighted by Crippen LogP contribution is 2.23. The normalized spacial score (nSPS) is 11.4. The van der Waals surface area contributed by atoms with Crippen LogP contribution < -0.4 is 5.69 Å². The number of carboxylic acid groups (broad SMARTS) is 1. The number of carbonyl (C=O) groups is 1. The zero-order valence-corrected chi connectivity index (χ0v) is 15.9. The van der Waals surface area contributed by atoms with Crippen molar-refractivity contribution in [2.75, 3.05) is 0 Å². The van der Waals surface area contributed by atoms with Crippen LogP contribution in [0, 0.1) is 6.92 Å². The van der Waals surface area contributed by atoms with Gasteiger partial charge in [0.25, 0.3) is 0 Å². The SMILES string of the molecule is Cc1cccc2c1n(-c1cnc(-c3cnn4ccccc34)nc1)c(=O)n2CC(=O)O. The lowest BCUT2D eigenvalue weighted by Gasteiger charge is -2.05. The standard InChI is InChI=1S/C21H16N6O3/c1-13-5-4-7-17-19(13)27(21(30)25(17)12-18(28)29)14-9-22-20(23-10-14)15-11-24-26-8-3-2-6-16(15)26/h2-11H,12H2,1H3,(H,28,29). The summed E-state index contributed by atoms with van der Waals surface area (Å²) in [5, 5.41) is 13.5. The van der Waals surface area contributed by atoms with E-state index in [4.69, 9.17) is 0 Å². The van der Waals surface area contributed by atoms with Gasteiger partial charge in [-0.25, -0.2) is 19.3 Å². The van der Waals surface area contributed by atoms with Crippen LogP contribution in [0.15, 0.2) is 66.0 Å². The molecule has 0 radical (unpaired) electrons. The van der Waals surface area contributed by atoms with E-state index in [9.17, 15) is 14.7 Å². The molecule has 5 rings (SSSR count). The highest BCUT2D eigenvalue weighted by atomic mass is 16.4. The molecule has 9 nitrogen and oxygen atoms in total. The monoisotopic (exact) mass is 400 g/mol. The minimum absolute atomic E-state index is 0.423. The van der Waals surface area contributed by atoms with Gasteiger partial charge in [0.15, 0.2) is 5.82 Å². The van der Waals surface area contributed by atoms with Crippen molar-refractivity contribution in [2.24, 2.45) is 0 Å². The summed E-state index contributed by atoms with van der Waals surface area (Å²) < 4.78 is 4.43. The Bertz CT molecular complexity index is 1480. The van der Waals surface area contributed by atoms with Crippen LogP contribution in [0.1, 0.15) is 5.56 Å². The fourth-order valence-corrected chi connectivity index (χ4v) is 3.68. The maximum absolute atomic E-state index is 13.1. The third-order valence-electron chi connectivity index (χ3n) is 5.01. The van der Waals surface area contributed by atoms with E-state index in [1.807, 2.05) is 37.4 Å². The molecule has 0 aliphatic carbocycles. The quantitative estimate of drug-likeness (QED) is 0.496. The molecule has 0 aliphatic rings. The number of rotatable bonds is 4. The third kappa shape index (κ3) is 2.67. The number of carboxylic acids is 1. The molecule has 148 valence electrons. The molecule has 0 saturated heterocycles. The Balaban J connectivity index is 1.67. The Kier molecular flexibility index (Phi) is 3.95. The van der Waals surface area contributed by atoms with Crippen LogP contribution in [0.4, 0.5) is 0 Å². The molecular weight excluding hydrogens is 384 g/mol. The van der Waals surface area contributed by atoms with Crippen LogP contribution in [-0.2, 0) is 11.3 Å². The second kappa shape index (κ2) is 6.66. The maximum atomic E-state index is 13.1. The smallest absolute Gasteiger partial charge is 0.334 e.